The molecule has 2 N–H and O–H groups in total. The fourth-order valence-corrected chi connectivity index (χ4v) is 4.02. The van der Waals surface area contributed by atoms with Gasteiger partial charge in [0.05, 0.1) is 36.6 Å². The molecule has 2 unspecified atom stereocenters. The predicted molar refractivity (Wildman–Crippen MR) is 121 cm³/mol. The Morgan fingerprint density at radius 2 is 2.25 bits per heavy atom. The Kier molecular flexibility index (Phi) is 5.98. The van der Waals surface area contributed by atoms with Crippen molar-refractivity contribution in [1.82, 2.24) is 30.2 Å². The zero-order valence-corrected chi connectivity index (χ0v) is 18.1. The van der Waals surface area contributed by atoms with E-state index in [2.05, 4.69) is 43.8 Å². The lowest BCUT2D eigenvalue weighted by Crippen LogP contribution is -2.23. The second-order valence-electron chi connectivity index (χ2n) is 7.99. The molecule has 4 aromatic rings. The first-order valence-corrected chi connectivity index (χ1v) is 11.1. The number of H-pyrrole nitrogens is 1. The van der Waals surface area contributed by atoms with Crippen molar-refractivity contribution in [3.05, 3.63) is 60.2 Å². The number of rotatable bonds is 9. The van der Waals surface area contributed by atoms with Crippen molar-refractivity contribution in [3.8, 4) is 5.75 Å². The molecule has 0 aliphatic carbocycles. The molecule has 32 heavy (non-hydrogen) atoms. The largest absolute Gasteiger partial charge is 0.494 e. The molecule has 2 atom stereocenters. The van der Waals surface area contributed by atoms with Crippen LogP contribution in [0.4, 0.5) is 5.69 Å². The molecule has 9 nitrogen and oxygen atoms in total. The lowest BCUT2D eigenvalue weighted by Gasteiger charge is -2.21. The zero-order valence-electron chi connectivity index (χ0n) is 18.1. The van der Waals surface area contributed by atoms with Crippen LogP contribution in [0, 0.1) is 0 Å². The van der Waals surface area contributed by atoms with Gasteiger partial charge in [0.2, 0.25) is 0 Å². The molecule has 0 bridgehead atoms. The van der Waals surface area contributed by atoms with Crippen LogP contribution in [0.1, 0.15) is 43.6 Å². The number of ether oxygens (including phenoxy) is 2. The number of hydrogen-bond acceptors (Lipinski definition) is 7. The lowest BCUT2D eigenvalue weighted by molar-refractivity contribution is 0.0925. The topological polar surface area (TPSA) is 103 Å². The van der Waals surface area contributed by atoms with Gasteiger partial charge in [-0.15, -0.1) is 5.10 Å². The van der Waals surface area contributed by atoms with Crippen molar-refractivity contribution >= 4 is 16.7 Å². The number of fused-ring (bicyclic) bond motifs is 1. The first kappa shape index (κ1) is 20.4. The average Bonchev–Trinajstić information content (AvgIpc) is 3.58. The molecular weight excluding hydrogens is 406 g/mol. The second-order valence-corrected chi connectivity index (χ2v) is 7.99. The number of nitrogens with zero attached hydrogens (tertiary/aromatic N) is 5. The summed E-state index contributed by atoms with van der Waals surface area (Å²) < 4.78 is 13.5. The molecule has 166 valence electrons. The highest BCUT2D eigenvalue weighted by atomic mass is 16.5. The molecule has 1 aliphatic heterocycles. The highest BCUT2D eigenvalue weighted by molar-refractivity contribution is 5.78. The van der Waals surface area contributed by atoms with Gasteiger partial charge < -0.3 is 19.8 Å². The van der Waals surface area contributed by atoms with Crippen LogP contribution in [0.3, 0.4) is 0 Å². The monoisotopic (exact) mass is 433 g/mol. The maximum absolute atomic E-state index is 5.88. The minimum atomic E-state index is -0.270. The standard InChI is InChI=1S/C23H27N7O2/c1-2-10-31-18-6-3-5-16(12-18)22(26-17-8-9-20-21(13-17)25-15-24-20)23-27-28-29-30(23)14-19-7-4-11-32-19/h3,5-6,8-9,12-13,15,19,22,26H,2,4,7,10-11,14H2,1H3,(H,24,25). The summed E-state index contributed by atoms with van der Waals surface area (Å²) in [6.45, 7) is 4.20. The molecule has 0 radical (unpaired) electrons. The number of aromatic amines is 1. The van der Waals surface area contributed by atoms with Gasteiger partial charge in [0.1, 0.15) is 11.8 Å². The van der Waals surface area contributed by atoms with Gasteiger partial charge >= 0.3 is 0 Å². The van der Waals surface area contributed by atoms with E-state index in [1.54, 1.807) is 6.33 Å². The number of anilines is 1. The molecular formula is C23H27N7O2. The summed E-state index contributed by atoms with van der Waals surface area (Å²) in [6, 6.07) is 13.9. The van der Waals surface area contributed by atoms with E-state index in [0.29, 0.717) is 13.2 Å². The first-order chi connectivity index (χ1) is 15.8. The Hall–Kier alpha value is -3.46. The Balaban J connectivity index is 1.49. The molecule has 0 spiro atoms. The Bertz CT molecular complexity index is 1170. The third-order valence-electron chi connectivity index (χ3n) is 5.62. The summed E-state index contributed by atoms with van der Waals surface area (Å²) in [7, 11) is 0. The van der Waals surface area contributed by atoms with Crippen molar-refractivity contribution < 1.29 is 9.47 Å². The van der Waals surface area contributed by atoms with Crippen molar-refractivity contribution in [2.75, 3.05) is 18.5 Å². The summed E-state index contributed by atoms with van der Waals surface area (Å²) in [5.74, 6) is 1.56. The molecule has 3 heterocycles. The summed E-state index contributed by atoms with van der Waals surface area (Å²) in [6.07, 6.45) is 4.88. The van der Waals surface area contributed by atoms with Gasteiger partial charge in [-0.2, -0.15) is 0 Å². The molecule has 2 aromatic carbocycles. The van der Waals surface area contributed by atoms with Crippen molar-refractivity contribution in [3.63, 3.8) is 0 Å². The van der Waals surface area contributed by atoms with Crippen LogP contribution in [0.15, 0.2) is 48.8 Å². The maximum Gasteiger partial charge on any atom is 0.178 e. The van der Waals surface area contributed by atoms with Crippen LogP contribution in [-0.2, 0) is 11.3 Å². The van der Waals surface area contributed by atoms with E-state index in [1.807, 2.05) is 41.1 Å². The van der Waals surface area contributed by atoms with E-state index < -0.39 is 0 Å². The quantitative estimate of drug-likeness (QED) is 0.415. The summed E-state index contributed by atoms with van der Waals surface area (Å²) in [5, 5.41) is 16.3. The number of aromatic nitrogens is 6. The van der Waals surface area contributed by atoms with E-state index in [0.717, 1.165) is 59.7 Å². The number of nitrogens with one attached hydrogen (secondary N) is 2. The van der Waals surface area contributed by atoms with E-state index in [1.165, 1.54) is 0 Å². The van der Waals surface area contributed by atoms with E-state index in [4.69, 9.17) is 9.47 Å². The third-order valence-corrected chi connectivity index (χ3v) is 5.62. The number of imidazole rings is 1. The minimum absolute atomic E-state index is 0.137. The predicted octanol–water partition coefficient (Wildman–Crippen LogP) is 3.72. The van der Waals surface area contributed by atoms with Crippen molar-refractivity contribution in [2.45, 2.75) is 44.9 Å². The van der Waals surface area contributed by atoms with Crippen LogP contribution in [0.25, 0.3) is 11.0 Å². The highest BCUT2D eigenvalue weighted by Crippen LogP contribution is 2.29. The van der Waals surface area contributed by atoms with Crippen LogP contribution in [-0.4, -0.2) is 49.5 Å². The molecule has 1 aliphatic rings. The van der Waals surface area contributed by atoms with Crippen molar-refractivity contribution in [2.24, 2.45) is 0 Å². The molecule has 5 rings (SSSR count). The van der Waals surface area contributed by atoms with Gasteiger partial charge in [-0.25, -0.2) is 9.67 Å². The van der Waals surface area contributed by atoms with Gasteiger partial charge in [-0.1, -0.05) is 19.1 Å². The summed E-state index contributed by atoms with van der Waals surface area (Å²) in [5.41, 5.74) is 3.84. The highest BCUT2D eigenvalue weighted by Gasteiger charge is 2.25. The van der Waals surface area contributed by atoms with Crippen LogP contribution >= 0.6 is 0 Å². The first-order valence-electron chi connectivity index (χ1n) is 11.1. The minimum Gasteiger partial charge on any atom is -0.494 e. The molecule has 0 saturated carbocycles. The molecule has 0 amide bonds. The lowest BCUT2D eigenvalue weighted by atomic mass is 10.0. The van der Waals surface area contributed by atoms with Gasteiger partial charge in [0.15, 0.2) is 5.82 Å². The number of benzene rings is 2. The van der Waals surface area contributed by atoms with Gasteiger partial charge in [0, 0.05) is 12.3 Å². The van der Waals surface area contributed by atoms with Gasteiger partial charge in [0.25, 0.3) is 0 Å². The smallest absolute Gasteiger partial charge is 0.178 e. The van der Waals surface area contributed by atoms with Crippen LogP contribution < -0.4 is 10.1 Å². The average molecular weight is 434 g/mol. The van der Waals surface area contributed by atoms with Gasteiger partial charge in [-0.05, 0) is 65.6 Å². The van der Waals surface area contributed by atoms with Crippen LogP contribution in [0.2, 0.25) is 0 Å². The van der Waals surface area contributed by atoms with E-state index in [9.17, 15) is 0 Å². The Labute approximate surface area is 186 Å². The maximum atomic E-state index is 5.88. The number of hydrogen-bond donors (Lipinski definition) is 2. The van der Waals surface area contributed by atoms with Crippen molar-refractivity contribution in [1.29, 1.82) is 0 Å². The second kappa shape index (κ2) is 9.35. The summed E-state index contributed by atoms with van der Waals surface area (Å²) in [4.78, 5) is 7.51. The zero-order chi connectivity index (χ0) is 21.8. The summed E-state index contributed by atoms with van der Waals surface area (Å²) >= 11 is 0. The SMILES string of the molecule is CCCOc1cccc(C(Nc2ccc3[nH]cnc3c2)c2nnnn2CC2CCCO2)c1. The molecule has 1 saturated heterocycles. The van der Waals surface area contributed by atoms with Crippen LogP contribution in [0.5, 0.6) is 5.75 Å². The van der Waals surface area contributed by atoms with E-state index >= 15 is 0 Å². The molecule has 1 fully saturated rings. The molecule has 2 aromatic heterocycles. The van der Waals surface area contributed by atoms with Gasteiger partial charge in [-0.3, -0.25) is 0 Å². The normalized spacial score (nSPS) is 17.0. The fraction of sp³-hybridized carbons (Fsp3) is 0.391. The fourth-order valence-electron chi connectivity index (χ4n) is 4.02. The number of tetrazole rings is 1. The Morgan fingerprint density at radius 1 is 1.28 bits per heavy atom. The molecule has 9 heteroatoms. The third kappa shape index (κ3) is 4.43. The Morgan fingerprint density at radius 3 is 3.12 bits per heavy atom. The van der Waals surface area contributed by atoms with E-state index in [-0.39, 0.29) is 12.1 Å².